The van der Waals surface area contributed by atoms with Crippen LogP contribution in [0.2, 0.25) is 0 Å². The van der Waals surface area contributed by atoms with Crippen molar-refractivity contribution in [3.8, 4) is 0 Å². The third-order valence-corrected chi connectivity index (χ3v) is 2.08. The highest BCUT2D eigenvalue weighted by Gasteiger charge is 2.61. The summed E-state index contributed by atoms with van der Waals surface area (Å²) >= 11 is 4.70. The second-order valence-corrected chi connectivity index (χ2v) is 3.84. The highest BCUT2D eigenvalue weighted by atomic mass is 35.5. The summed E-state index contributed by atoms with van der Waals surface area (Å²) in [5.41, 5.74) is -1.65. The van der Waals surface area contributed by atoms with Gasteiger partial charge in [-0.3, -0.25) is 0 Å². The van der Waals surface area contributed by atoms with E-state index in [4.69, 9.17) is 11.6 Å². The van der Waals surface area contributed by atoms with Gasteiger partial charge in [0, 0.05) is 5.41 Å². The lowest BCUT2D eigenvalue weighted by atomic mass is 9.89. The van der Waals surface area contributed by atoms with Crippen LogP contribution in [0.25, 0.3) is 0 Å². The number of halogens is 5. The summed E-state index contributed by atoms with van der Waals surface area (Å²) in [5, 5.41) is -3.65. The van der Waals surface area contributed by atoms with Gasteiger partial charge in [-0.15, -0.1) is 0 Å². The SMILES string of the molecule is CC(C)(C)C(F)(Cl)C(F)(F)F. The molecule has 0 aromatic heterocycles. The van der Waals surface area contributed by atoms with Gasteiger partial charge in [0.05, 0.1) is 0 Å². The first kappa shape index (κ1) is 11.0. The highest BCUT2D eigenvalue weighted by Crippen LogP contribution is 2.49. The quantitative estimate of drug-likeness (QED) is 0.407. The van der Waals surface area contributed by atoms with Crippen LogP contribution < -0.4 is 0 Å². The van der Waals surface area contributed by atoms with Crippen LogP contribution in [0.15, 0.2) is 0 Å². The van der Waals surface area contributed by atoms with Crippen molar-refractivity contribution in [3.05, 3.63) is 0 Å². The van der Waals surface area contributed by atoms with E-state index in [1.807, 2.05) is 0 Å². The second-order valence-electron chi connectivity index (χ2n) is 3.32. The molecule has 0 nitrogen and oxygen atoms in total. The standard InChI is InChI=1S/C6H9ClF4/c1-4(2,3)5(7,8)6(9,10)11/h1-3H3. The van der Waals surface area contributed by atoms with Gasteiger partial charge in [0.15, 0.2) is 0 Å². The minimum Gasteiger partial charge on any atom is -0.215 e. The maximum absolute atomic E-state index is 12.7. The number of hydrogen-bond donors (Lipinski definition) is 0. The zero-order valence-electron chi connectivity index (χ0n) is 6.39. The molecular formula is C6H9ClF4. The Labute approximate surface area is 67.5 Å². The van der Waals surface area contributed by atoms with E-state index in [9.17, 15) is 17.6 Å². The molecule has 0 aliphatic carbocycles. The monoisotopic (exact) mass is 192 g/mol. The van der Waals surface area contributed by atoms with Crippen LogP contribution in [0.1, 0.15) is 20.8 Å². The predicted octanol–water partition coefficient (Wildman–Crippen LogP) is 3.50. The van der Waals surface area contributed by atoms with Gasteiger partial charge < -0.3 is 0 Å². The summed E-state index contributed by atoms with van der Waals surface area (Å²) in [6.45, 7) is 3.27. The first-order valence-corrected chi connectivity index (χ1v) is 3.32. The molecule has 1 unspecified atom stereocenters. The molecule has 0 saturated carbocycles. The van der Waals surface area contributed by atoms with E-state index in [1.165, 1.54) is 0 Å². The average molecular weight is 193 g/mol. The Hall–Kier alpha value is 0.01000. The lowest BCUT2D eigenvalue weighted by Crippen LogP contribution is -2.46. The molecule has 1 atom stereocenters. The van der Waals surface area contributed by atoms with Crippen LogP contribution in [-0.2, 0) is 0 Å². The van der Waals surface area contributed by atoms with Crippen LogP contribution in [0.5, 0.6) is 0 Å². The van der Waals surface area contributed by atoms with Crippen molar-refractivity contribution < 1.29 is 17.6 Å². The summed E-state index contributed by atoms with van der Waals surface area (Å²) in [6, 6.07) is 0. The van der Waals surface area contributed by atoms with Crippen molar-refractivity contribution in [2.45, 2.75) is 32.1 Å². The normalized spacial score (nSPS) is 19.6. The third kappa shape index (κ3) is 1.98. The molecule has 0 radical (unpaired) electrons. The maximum Gasteiger partial charge on any atom is 0.437 e. The Balaban J connectivity index is 4.75. The van der Waals surface area contributed by atoms with Crippen molar-refractivity contribution in [2.75, 3.05) is 0 Å². The van der Waals surface area contributed by atoms with Crippen LogP contribution >= 0.6 is 11.6 Å². The van der Waals surface area contributed by atoms with Crippen molar-refractivity contribution in [3.63, 3.8) is 0 Å². The topological polar surface area (TPSA) is 0 Å². The molecule has 0 bridgehead atoms. The van der Waals surface area contributed by atoms with Crippen molar-refractivity contribution in [1.82, 2.24) is 0 Å². The molecule has 0 aliphatic rings. The Kier molecular flexibility index (Phi) is 2.51. The van der Waals surface area contributed by atoms with Crippen molar-refractivity contribution >= 4 is 11.6 Å². The zero-order chi connectivity index (χ0) is 9.50. The van der Waals surface area contributed by atoms with Crippen LogP contribution in [0, 0.1) is 5.41 Å². The molecule has 0 heterocycles. The van der Waals surface area contributed by atoms with Gasteiger partial charge in [-0.2, -0.15) is 13.2 Å². The highest BCUT2D eigenvalue weighted by molar-refractivity contribution is 6.23. The van der Waals surface area contributed by atoms with Gasteiger partial charge >= 0.3 is 6.18 Å². The predicted molar refractivity (Wildman–Crippen MR) is 35.2 cm³/mol. The molecule has 0 aromatic carbocycles. The molecule has 0 amide bonds. The summed E-state index contributed by atoms with van der Waals surface area (Å²) in [6.07, 6.45) is -5.02. The molecule has 5 heteroatoms. The van der Waals surface area contributed by atoms with Crippen molar-refractivity contribution in [1.29, 1.82) is 0 Å². The van der Waals surface area contributed by atoms with Crippen molar-refractivity contribution in [2.24, 2.45) is 5.41 Å². The number of rotatable bonds is 0. The summed E-state index contributed by atoms with van der Waals surface area (Å²) < 4.78 is 48.2. The van der Waals surface area contributed by atoms with E-state index in [2.05, 4.69) is 0 Å². The minimum absolute atomic E-state index is 1.09. The van der Waals surface area contributed by atoms with E-state index in [-0.39, 0.29) is 0 Å². The zero-order valence-corrected chi connectivity index (χ0v) is 7.15. The van der Waals surface area contributed by atoms with Gasteiger partial charge in [-0.05, 0) is 0 Å². The smallest absolute Gasteiger partial charge is 0.215 e. The molecule has 0 rings (SSSR count). The first-order chi connectivity index (χ1) is 4.50. The lowest BCUT2D eigenvalue weighted by molar-refractivity contribution is -0.226. The van der Waals surface area contributed by atoms with Gasteiger partial charge in [0.2, 0.25) is 0 Å². The van der Waals surface area contributed by atoms with E-state index >= 15 is 0 Å². The molecule has 11 heavy (non-hydrogen) atoms. The number of hydrogen-bond acceptors (Lipinski definition) is 0. The van der Waals surface area contributed by atoms with Crippen LogP contribution in [-0.4, -0.2) is 11.3 Å². The van der Waals surface area contributed by atoms with E-state index in [1.54, 1.807) is 0 Å². The first-order valence-electron chi connectivity index (χ1n) is 2.94. The molecule has 0 N–H and O–H groups in total. The molecule has 0 spiro atoms. The van der Waals surface area contributed by atoms with Gasteiger partial charge in [-0.1, -0.05) is 32.4 Å². The fraction of sp³-hybridized carbons (Fsp3) is 1.00. The van der Waals surface area contributed by atoms with Crippen LogP contribution in [0.4, 0.5) is 17.6 Å². The van der Waals surface area contributed by atoms with E-state index < -0.39 is 16.7 Å². The molecular weight excluding hydrogens is 184 g/mol. The fourth-order valence-electron chi connectivity index (χ4n) is 0.425. The Morgan fingerprint density at radius 2 is 1.18 bits per heavy atom. The van der Waals surface area contributed by atoms with Gasteiger partial charge in [0.1, 0.15) is 0 Å². The molecule has 0 saturated heterocycles. The largest absolute Gasteiger partial charge is 0.437 e. The summed E-state index contributed by atoms with van der Waals surface area (Å²) in [5.74, 6) is 0. The average Bonchev–Trinajstić information content (AvgIpc) is 1.58. The molecule has 0 aliphatic heterocycles. The summed E-state index contributed by atoms with van der Waals surface area (Å²) in [4.78, 5) is 0. The lowest BCUT2D eigenvalue weighted by Gasteiger charge is -2.33. The molecule has 0 fully saturated rings. The second kappa shape index (κ2) is 2.51. The Morgan fingerprint density at radius 3 is 1.18 bits per heavy atom. The van der Waals surface area contributed by atoms with E-state index in [0.29, 0.717) is 0 Å². The third-order valence-electron chi connectivity index (χ3n) is 1.30. The minimum atomic E-state index is -5.02. The van der Waals surface area contributed by atoms with Gasteiger partial charge in [0.25, 0.3) is 5.13 Å². The Bertz CT molecular complexity index is 126. The Morgan fingerprint density at radius 1 is 0.909 bits per heavy atom. The molecule has 68 valence electrons. The number of alkyl halides is 5. The van der Waals surface area contributed by atoms with Gasteiger partial charge in [-0.25, -0.2) is 4.39 Å². The fourth-order valence-corrected chi connectivity index (χ4v) is 0.425. The summed E-state index contributed by atoms with van der Waals surface area (Å²) in [7, 11) is 0. The van der Waals surface area contributed by atoms with E-state index in [0.717, 1.165) is 20.8 Å². The maximum atomic E-state index is 12.7. The van der Waals surface area contributed by atoms with Crippen LogP contribution in [0.3, 0.4) is 0 Å². The molecule has 0 aromatic rings.